The molecule has 1 fully saturated rings. The van der Waals surface area contributed by atoms with E-state index in [-0.39, 0.29) is 37.2 Å². The van der Waals surface area contributed by atoms with Crippen molar-refractivity contribution in [2.24, 2.45) is 0 Å². The van der Waals surface area contributed by atoms with Crippen molar-refractivity contribution in [3.05, 3.63) is 71.9 Å². The second-order valence-electron chi connectivity index (χ2n) is 9.69. The number of fused-ring (bicyclic) bond motifs is 1. The van der Waals surface area contributed by atoms with Gasteiger partial charge in [-0.15, -0.1) is 0 Å². The van der Waals surface area contributed by atoms with Crippen LogP contribution in [-0.2, 0) is 19.1 Å². The number of rotatable bonds is 15. The number of nitrogens with zero attached hydrogens (tertiary/aromatic N) is 2. The molecular weight excluding hydrogens is 574 g/mol. The van der Waals surface area contributed by atoms with E-state index in [0.717, 1.165) is 10.6 Å². The van der Waals surface area contributed by atoms with Gasteiger partial charge in [0.15, 0.2) is 0 Å². The van der Waals surface area contributed by atoms with Crippen molar-refractivity contribution >= 4 is 23.6 Å². The summed E-state index contributed by atoms with van der Waals surface area (Å²) in [4.78, 5) is 54.5. The fraction of sp³-hybridized carbons (Fsp3) is 0.323. The average molecular weight is 606 g/mol. The summed E-state index contributed by atoms with van der Waals surface area (Å²) < 4.78 is 33.2. The van der Waals surface area contributed by atoms with E-state index in [0.29, 0.717) is 49.6 Å². The highest BCUT2D eigenvalue weighted by atomic mass is 16.6. The Morgan fingerprint density at radius 2 is 1.36 bits per heavy atom. The molecule has 0 bridgehead atoms. The summed E-state index contributed by atoms with van der Waals surface area (Å²) in [7, 11) is 1.60. The van der Waals surface area contributed by atoms with Crippen LogP contribution in [0.3, 0.4) is 0 Å². The topological polar surface area (TPSA) is 152 Å². The first-order valence-corrected chi connectivity index (χ1v) is 14.0. The number of piperidine rings is 1. The molecule has 2 aliphatic heterocycles. The fourth-order valence-corrected chi connectivity index (χ4v) is 4.58. The van der Waals surface area contributed by atoms with Gasteiger partial charge in [-0.05, 0) is 55.0 Å². The third-order valence-corrected chi connectivity index (χ3v) is 6.77. The van der Waals surface area contributed by atoms with Crippen molar-refractivity contribution in [3.63, 3.8) is 0 Å². The minimum absolute atomic E-state index is 0.0620. The largest absolute Gasteiger partial charge is 0.497 e. The normalized spacial score (nSPS) is 16.0. The van der Waals surface area contributed by atoms with Gasteiger partial charge in [0.25, 0.3) is 11.8 Å². The van der Waals surface area contributed by atoms with E-state index >= 15 is 0 Å². The summed E-state index contributed by atoms with van der Waals surface area (Å²) in [6.07, 6.45) is 1.74. The molecule has 13 heteroatoms. The quantitative estimate of drug-likeness (QED) is 0.201. The number of carbonyl (C=O) groups excluding carboxylic acids is 4. The molecule has 4 amide bonds. The highest BCUT2D eigenvalue weighted by Gasteiger charge is 2.44. The van der Waals surface area contributed by atoms with E-state index in [4.69, 9.17) is 28.4 Å². The first-order valence-electron chi connectivity index (χ1n) is 14.0. The van der Waals surface area contributed by atoms with Gasteiger partial charge >= 0.3 is 0 Å². The van der Waals surface area contributed by atoms with Crippen LogP contribution in [0.15, 0.2) is 60.8 Å². The molecule has 1 aromatic heterocycles. The number of hydrogen-bond donors (Lipinski definition) is 1. The van der Waals surface area contributed by atoms with Crippen molar-refractivity contribution < 1.29 is 47.6 Å². The molecule has 2 aliphatic rings. The van der Waals surface area contributed by atoms with E-state index in [1.54, 1.807) is 55.8 Å². The zero-order valence-electron chi connectivity index (χ0n) is 24.0. The molecule has 1 atom stereocenters. The predicted octanol–water partition coefficient (Wildman–Crippen LogP) is 2.77. The number of imide groups is 2. The van der Waals surface area contributed by atoms with Crippen molar-refractivity contribution in [1.82, 2.24) is 15.2 Å². The van der Waals surface area contributed by atoms with E-state index < -0.39 is 29.7 Å². The number of methoxy groups -OCH3 is 1. The van der Waals surface area contributed by atoms with Crippen molar-refractivity contribution in [2.45, 2.75) is 18.9 Å². The molecule has 3 heterocycles. The van der Waals surface area contributed by atoms with Gasteiger partial charge in [0, 0.05) is 12.5 Å². The van der Waals surface area contributed by atoms with Crippen LogP contribution in [0.5, 0.6) is 28.9 Å². The molecule has 1 saturated heterocycles. The summed E-state index contributed by atoms with van der Waals surface area (Å²) in [6, 6.07) is 14.2. The summed E-state index contributed by atoms with van der Waals surface area (Å²) in [6.45, 7) is 1.91. The van der Waals surface area contributed by atoms with Gasteiger partial charge in [-0.2, -0.15) is 0 Å². The molecule has 0 radical (unpaired) electrons. The van der Waals surface area contributed by atoms with Crippen molar-refractivity contribution in [2.75, 3.05) is 46.8 Å². The monoisotopic (exact) mass is 605 g/mol. The molecule has 5 rings (SSSR count). The maximum atomic E-state index is 12.9. The predicted molar refractivity (Wildman–Crippen MR) is 153 cm³/mol. The maximum Gasteiger partial charge on any atom is 0.262 e. The summed E-state index contributed by atoms with van der Waals surface area (Å²) >= 11 is 0. The molecule has 1 N–H and O–H groups in total. The molecule has 230 valence electrons. The summed E-state index contributed by atoms with van der Waals surface area (Å²) in [5.74, 6) is 0.579. The van der Waals surface area contributed by atoms with Gasteiger partial charge in [0.2, 0.25) is 17.7 Å². The third kappa shape index (κ3) is 7.49. The van der Waals surface area contributed by atoms with E-state index in [2.05, 4.69) is 10.3 Å². The molecule has 3 aromatic rings. The molecular formula is C31H31N3O10. The van der Waals surface area contributed by atoms with Crippen LogP contribution in [0.2, 0.25) is 0 Å². The Balaban J connectivity index is 0.936. The Bertz CT molecular complexity index is 1490. The van der Waals surface area contributed by atoms with Crippen LogP contribution in [-0.4, -0.2) is 86.3 Å². The molecule has 1 unspecified atom stereocenters. The zero-order valence-corrected chi connectivity index (χ0v) is 24.0. The number of hydrogen-bond acceptors (Lipinski definition) is 11. The van der Waals surface area contributed by atoms with Crippen molar-refractivity contribution in [1.29, 1.82) is 0 Å². The smallest absolute Gasteiger partial charge is 0.262 e. The Labute approximate surface area is 252 Å². The van der Waals surface area contributed by atoms with Gasteiger partial charge in [-0.3, -0.25) is 29.4 Å². The zero-order chi connectivity index (χ0) is 30.9. The summed E-state index contributed by atoms with van der Waals surface area (Å²) in [5, 5.41) is 2.17. The van der Waals surface area contributed by atoms with Crippen LogP contribution in [0, 0.1) is 0 Å². The number of nitrogens with one attached hydrogen (secondary N) is 1. The third-order valence-electron chi connectivity index (χ3n) is 6.77. The first kappa shape index (κ1) is 30.4. The number of benzene rings is 2. The standard InChI is InChI=1S/C31H31N3O10/c1-39-20-2-4-21(5-3-20)44-28-11-7-23(19-32-28)43-17-15-41-13-12-40-14-16-42-22-6-8-24-25(18-22)31(38)34(30(24)37)26-9-10-27(35)33-29(26)36/h2-8,11,18-19,26H,9-10,12-17H2,1H3,(H,33,35,36). The van der Waals surface area contributed by atoms with Crippen molar-refractivity contribution in [3.8, 4) is 28.9 Å². The number of amides is 4. The van der Waals surface area contributed by atoms with Crippen LogP contribution in [0.4, 0.5) is 0 Å². The lowest BCUT2D eigenvalue weighted by molar-refractivity contribution is -0.136. The lowest BCUT2D eigenvalue weighted by Gasteiger charge is -2.27. The second-order valence-corrected chi connectivity index (χ2v) is 9.69. The van der Waals surface area contributed by atoms with Gasteiger partial charge in [-0.25, -0.2) is 4.98 Å². The number of ether oxygens (including phenoxy) is 6. The van der Waals surface area contributed by atoms with Crippen LogP contribution in [0.1, 0.15) is 33.6 Å². The SMILES string of the molecule is COc1ccc(Oc2ccc(OCCOCCOCCOc3ccc4c(c3)C(=O)N(C3CCC(=O)NC3=O)C4=O)cn2)cc1. The number of aromatic nitrogens is 1. The maximum absolute atomic E-state index is 12.9. The molecule has 0 saturated carbocycles. The minimum Gasteiger partial charge on any atom is -0.497 e. The molecule has 13 nitrogen and oxygen atoms in total. The molecule has 0 aliphatic carbocycles. The summed E-state index contributed by atoms with van der Waals surface area (Å²) in [5.41, 5.74) is 0.346. The Morgan fingerprint density at radius 3 is 2.02 bits per heavy atom. The number of pyridine rings is 1. The highest BCUT2D eigenvalue weighted by Crippen LogP contribution is 2.30. The van der Waals surface area contributed by atoms with Crippen LogP contribution >= 0.6 is 0 Å². The van der Waals surface area contributed by atoms with Gasteiger partial charge in [0.1, 0.15) is 42.3 Å². The first-order chi connectivity index (χ1) is 21.4. The Hall–Kier alpha value is -5.01. The van der Waals surface area contributed by atoms with E-state index in [1.165, 1.54) is 12.1 Å². The molecule has 0 spiro atoms. The van der Waals surface area contributed by atoms with Gasteiger partial charge < -0.3 is 28.4 Å². The lowest BCUT2D eigenvalue weighted by atomic mass is 10.0. The Kier molecular flexibility index (Phi) is 10.00. The lowest BCUT2D eigenvalue weighted by Crippen LogP contribution is -2.54. The average Bonchev–Trinajstić information content (AvgIpc) is 3.27. The van der Waals surface area contributed by atoms with Gasteiger partial charge in [-0.1, -0.05) is 0 Å². The van der Waals surface area contributed by atoms with Gasteiger partial charge in [0.05, 0.1) is 50.9 Å². The highest BCUT2D eigenvalue weighted by molar-refractivity contribution is 6.23. The van der Waals surface area contributed by atoms with E-state index in [9.17, 15) is 19.2 Å². The van der Waals surface area contributed by atoms with E-state index in [1.807, 2.05) is 0 Å². The van der Waals surface area contributed by atoms with Crippen LogP contribution in [0.25, 0.3) is 0 Å². The molecule has 2 aromatic carbocycles. The second kappa shape index (κ2) is 14.4. The minimum atomic E-state index is -1.01. The number of carbonyl (C=O) groups is 4. The molecule has 44 heavy (non-hydrogen) atoms. The fourth-order valence-electron chi connectivity index (χ4n) is 4.58. The van der Waals surface area contributed by atoms with Crippen LogP contribution < -0.4 is 24.3 Å². The Morgan fingerprint density at radius 1 is 0.750 bits per heavy atom.